The van der Waals surface area contributed by atoms with Gasteiger partial charge in [-0.2, -0.15) is 0 Å². The molecular weight excluding hydrogens is 152 g/mol. The first-order valence-electron chi connectivity index (χ1n) is 3.29. The Bertz CT molecular complexity index is 162. The topological polar surface area (TPSA) is 54.4 Å². The fraction of sp³-hybridized carbons (Fsp3) is 0.833. The van der Waals surface area contributed by atoms with E-state index in [2.05, 4.69) is 0 Å². The SMILES string of the molecule is O=C(O)CCS(=O)C1CC1. The lowest BCUT2D eigenvalue weighted by Crippen LogP contribution is -2.07. The second kappa shape index (κ2) is 3.14. The summed E-state index contributed by atoms with van der Waals surface area (Å²) in [5.74, 6) is -0.519. The summed E-state index contributed by atoms with van der Waals surface area (Å²) >= 11 is 0. The van der Waals surface area contributed by atoms with Crippen molar-refractivity contribution in [3.05, 3.63) is 0 Å². The van der Waals surface area contributed by atoms with Crippen LogP contribution in [0.1, 0.15) is 19.3 Å². The van der Waals surface area contributed by atoms with Gasteiger partial charge in [-0.3, -0.25) is 9.00 Å². The minimum Gasteiger partial charge on any atom is -0.481 e. The van der Waals surface area contributed by atoms with Crippen LogP contribution in [0.25, 0.3) is 0 Å². The van der Waals surface area contributed by atoms with E-state index in [1.54, 1.807) is 0 Å². The molecule has 0 radical (unpaired) electrons. The molecule has 4 heteroatoms. The third-order valence-electron chi connectivity index (χ3n) is 1.41. The Hall–Kier alpha value is -0.380. The summed E-state index contributed by atoms with van der Waals surface area (Å²) in [6.45, 7) is 0. The number of carboxylic acid groups (broad SMARTS) is 1. The van der Waals surface area contributed by atoms with Crippen LogP contribution in [0.2, 0.25) is 0 Å². The van der Waals surface area contributed by atoms with Gasteiger partial charge in [-0.1, -0.05) is 0 Å². The molecule has 1 rings (SSSR count). The summed E-state index contributed by atoms with van der Waals surface area (Å²) in [6, 6.07) is 0. The Morgan fingerprint density at radius 2 is 2.20 bits per heavy atom. The Morgan fingerprint density at radius 3 is 2.60 bits per heavy atom. The highest BCUT2D eigenvalue weighted by Gasteiger charge is 2.27. The summed E-state index contributed by atoms with van der Waals surface area (Å²) in [5, 5.41) is 8.55. The number of aliphatic carboxylic acids is 1. The van der Waals surface area contributed by atoms with Gasteiger partial charge >= 0.3 is 5.97 Å². The van der Waals surface area contributed by atoms with Crippen LogP contribution in [0, 0.1) is 0 Å². The third kappa shape index (κ3) is 2.47. The quantitative estimate of drug-likeness (QED) is 0.650. The molecule has 0 spiro atoms. The van der Waals surface area contributed by atoms with Gasteiger partial charge in [0.05, 0.1) is 6.42 Å². The molecule has 1 aliphatic rings. The molecule has 1 atom stereocenters. The lowest BCUT2D eigenvalue weighted by atomic mass is 10.5. The number of rotatable bonds is 4. The van der Waals surface area contributed by atoms with Gasteiger partial charge in [-0.05, 0) is 12.8 Å². The van der Waals surface area contributed by atoms with Crippen molar-refractivity contribution in [3.63, 3.8) is 0 Å². The third-order valence-corrected chi connectivity index (χ3v) is 3.23. The summed E-state index contributed by atoms with van der Waals surface area (Å²) in [5.41, 5.74) is 0. The monoisotopic (exact) mass is 162 g/mol. The highest BCUT2D eigenvalue weighted by atomic mass is 32.2. The lowest BCUT2D eigenvalue weighted by Gasteiger charge is -1.93. The average molecular weight is 162 g/mol. The molecule has 1 aliphatic carbocycles. The number of carboxylic acids is 1. The molecule has 0 bridgehead atoms. The van der Waals surface area contributed by atoms with Gasteiger partial charge < -0.3 is 5.11 Å². The Balaban J connectivity index is 2.12. The van der Waals surface area contributed by atoms with Gasteiger partial charge in [0.25, 0.3) is 0 Å². The number of hydrogen-bond acceptors (Lipinski definition) is 2. The van der Waals surface area contributed by atoms with Crippen LogP contribution in [0.15, 0.2) is 0 Å². The summed E-state index contributed by atoms with van der Waals surface area (Å²) in [4.78, 5) is 10.0. The molecular formula is C6H10O3S. The fourth-order valence-corrected chi connectivity index (χ4v) is 2.06. The molecule has 0 saturated heterocycles. The zero-order chi connectivity index (χ0) is 7.56. The van der Waals surface area contributed by atoms with Crippen molar-refractivity contribution >= 4 is 16.8 Å². The van der Waals surface area contributed by atoms with Crippen molar-refractivity contribution in [3.8, 4) is 0 Å². The molecule has 10 heavy (non-hydrogen) atoms. The van der Waals surface area contributed by atoms with Crippen molar-refractivity contribution in [1.82, 2.24) is 0 Å². The smallest absolute Gasteiger partial charge is 0.304 e. The molecule has 58 valence electrons. The van der Waals surface area contributed by atoms with E-state index in [0.717, 1.165) is 12.8 Å². The number of carbonyl (C=O) groups is 1. The van der Waals surface area contributed by atoms with E-state index in [4.69, 9.17) is 5.11 Å². The molecule has 3 nitrogen and oxygen atoms in total. The van der Waals surface area contributed by atoms with Gasteiger partial charge in [0.2, 0.25) is 0 Å². The molecule has 0 aliphatic heterocycles. The maximum Gasteiger partial charge on any atom is 0.304 e. The zero-order valence-corrected chi connectivity index (χ0v) is 6.39. The van der Waals surface area contributed by atoms with Gasteiger partial charge in [0, 0.05) is 21.8 Å². The summed E-state index contributed by atoms with van der Waals surface area (Å²) < 4.78 is 11.0. The molecule has 0 amide bonds. The van der Waals surface area contributed by atoms with Crippen LogP contribution in [-0.4, -0.2) is 26.3 Å². The molecule has 1 unspecified atom stereocenters. The van der Waals surface area contributed by atoms with Crippen LogP contribution in [0.3, 0.4) is 0 Å². The first kappa shape index (κ1) is 7.72. The second-order valence-corrected chi connectivity index (χ2v) is 4.26. The largest absolute Gasteiger partial charge is 0.481 e. The summed E-state index contributed by atoms with van der Waals surface area (Å²) in [6.07, 6.45) is 2.08. The molecule has 0 aromatic carbocycles. The van der Waals surface area contributed by atoms with Gasteiger partial charge in [0.1, 0.15) is 0 Å². The van der Waals surface area contributed by atoms with E-state index in [0.29, 0.717) is 11.0 Å². The average Bonchev–Trinajstić information content (AvgIpc) is 2.63. The fourth-order valence-electron chi connectivity index (χ4n) is 0.686. The predicted molar refractivity (Wildman–Crippen MR) is 38.3 cm³/mol. The van der Waals surface area contributed by atoms with Crippen LogP contribution in [0.5, 0.6) is 0 Å². The zero-order valence-electron chi connectivity index (χ0n) is 5.58. The van der Waals surface area contributed by atoms with E-state index in [9.17, 15) is 9.00 Å². The molecule has 1 N–H and O–H groups in total. The highest BCUT2D eigenvalue weighted by Crippen LogP contribution is 2.26. The van der Waals surface area contributed by atoms with E-state index in [-0.39, 0.29) is 6.42 Å². The lowest BCUT2D eigenvalue weighted by molar-refractivity contribution is -0.136. The second-order valence-electron chi connectivity index (χ2n) is 2.43. The van der Waals surface area contributed by atoms with Gasteiger partial charge in [0.15, 0.2) is 0 Å². The molecule has 0 heterocycles. The van der Waals surface area contributed by atoms with Gasteiger partial charge in [-0.15, -0.1) is 0 Å². The van der Waals surface area contributed by atoms with Crippen LogP contribution in [-0.2, 0) is 15.6 Å². The maximum absolute atomic E-state index is 11.0. The minimum atomic E-state index is -0.862. The standard InChI is InChI=1S/C6H10O3S/c7-6(8)3-4-10(9)5-1-2-5/h5H,1-4H2,(H,7,8). The predicted octanol–water partition coefficient (Wildman–Crippen LogP) is 0.372. The van der Waals surface area contributed by atoms with Crippen molar-refractivity contribution in [1.29, 1.82) is 0 Å². The molecule has 1 fully saturated rings. The number of hydrogen-bond donors (Lipinski definition) is 1. The normalized spacial score (nSPS) is 20.4. The summed E-state index contributed by atoms with van der Waals surface area (Å²) in [7, 11) is -0.862. The maximum atomic E-state index is 11.0. The Labute approximate surface area is 61.9 Å². The highest BCUT2D eigenvalue weighted by molar-refractivity contribution is 7.85. The Morgan fingerprint density at radius 1 is 1.60 bits per heavy atom. The Kier molecular flexibility index (Phi) is 2.43. The van der Waals surface area contributed by atoms with Gasteiger partial charge in [-0.25, -0.2) is 0 Å². The molecule has 0 aromatic heterocycles. The van der Waals surface area contributed by atoms with E-state index >= 15 is 0 Å². The van der Waals surface area contributed by atoms with E-state index in [1.807, 2.05) is 0 Å². The van der Waals surface area contributed by atoms with Crippen molar-refractivity contribution in [2.75, 3.05) is 5.75 Å². The molecule has 1 saturated carbocycles. The first-order valence-corrected chi connectivity index (χ1v) is 4.67. The van der Waals surface area contributed by atoms with E-state index in [1.165, 1.54) is 0 Å². The van der Waals surface area contributed by atoms with Crippen molar-refractivity contribution < 1.29 is 14.1 Å². The molecule has 0 aromatic rings. The first-order chi connectivity index (χ1) is 4.70. The van der Waals surface area contributed by atoms with E-state index < -0.39 is 16.8 Å². The van der Waals surface area contributed by atoms with Crippen LogP contribution < -0.4 is 0 Å². The van der Waals surface area contributed by atoms with Crippen molar-refractivity contribution in [2.45, 2.75) is 24.5 Å². The van der Waals surface area contributed by atoms with Crippen molar-refractivity contribution in [2.24, 2.45) is 0 Å². The van der Waals surface area contributed by atoms with Crippen LogP contribution >= 0.6 is 0 Å². The van der Waals surface area contributed by atoms with Crippen LogP contribution in [0.4, 0.5) is 0 Å². The minimum absolute atomic E-state index is 0.0448.